The predicted octanol–water partition coefficient (Wildman–Crippen LogP) is 3.18. The lowest BCUT2D eigenvalue weighted by molar-refractivity contribution is 0.645. The number of guanidine groups is 1. The van der Waals surface area contributed by atoms with Gasteiger partial charge in [-0.25, -0.2) is 9.97 Å². The first kappa shape index (κ1) is 19.9. The van der Waals surface area contributed by atoms with Crippen molar-refractivity contribution in [1.82, 2.24) is 29.6 Å². The summed E-state index contributed by atoms with van der Waals surface area (Å²) in [5, 5.41) is 6.74. The maximum atomic E-state index is 4.73. The number of hydrogen-bond donors (Lipinski definition) is 2. The average molecular weight is 404 g/mol. The van der Waals surface area contributed by atoms with Crippen LogP contribution in [0, 0.1) is 6.92 Å². The number of imidazole rings is 2. The summed E-state index contributed by atoms with van der Waals surface area (Å²) < 4.78 is 4.32. The maximum absolute atomic E-state index is 4.73. The van der Waals surface area contributed by atoms with E-state index in [4.69, 9.17) is 4.99 Å². The first-order valence-electron chi connectivity index (χ1n) is 10.6. The van der Waals surface area contributed by atoms with Crippen molar-refractivity contribution in [3.8, 4) is 0 Å². The van der Waals surface area contributed by atoms with Crippen molar-refractivity contribution >= 4 is 22.6 Å². The Labute approximate surface area is 176 Å². The van der Waals surface area contributed by atoms with E-state index in [1.165, 1.54) is 5.52 Å². The molecule has 3 aromatic heterocycles. The Morgan fingerprint density at radius 1 is 1.07 bits per heavy atom. The Kier molecular flexibility index (Phi) is 6.27. The van der Waals surface area contributed by atoms with Crippen LogP contribution in [0.15, 0.2) is 59.9 Å². The third-order valence-electron chi connectivity index (χ3n) is 5.09. The maximum Gasteiger partial charge on any atom is 0.191 e. The van der Waals surface area contributed by atoms with Crippen LogP contribution in [-0.2, 0) is 13.0 Å². The quantitative estimate of drug-likeness (QED) is 0.269. The smallest absolute Gasteiger partial charge is 0.191 e. The zero-order valence-electron chi connectivity index (χ0n) is 17.7. The number of para-hydroxylation sites is 2. The number of fused-ring (bicyclic) bond motifs is 2. The van der Waals surface area contributed by atoms with Crippen LogP contribution in [0.5, 0.6) is 0 Å². The zero-order chi connectivity index (χ0) is 20.8. The highest BCUT2D eigenvalue weighted by Gasteiger charge is 2.06. The lowest BCUT2D eigenvalue weighted by Crippen LogP contribution is -2.38. The van der Waals surface area contributed by atoms with Gasteiger partial charge in [-0.15, -0.1) is 0 Å². The third-order valence-corrected chi connectivity index (χ3v) is 5.09. The van der Waals surface area contributed by atoms with Crippen LogP contribution in [0.3, 0.4) is 0 Å². The van der Waals surface area contributed by atoms with Gasteiger partial charge in [0, 0.05) is 45.0 Å². The Hall–Kier alpha value is -3.35. The molecule has 0 atom stereocenters. The monoisotopic (exact) mass is 403 g/mol. The number of aliphatic imine (C=N–C) groups is 1. The summed E-state index contributed by atoms with van der Waals surface area (Å²) in [6.07, 6.45) is 5.92. The first-order valence-corrected chi connectivity index (χ1v) is 10.6. The molecule has 0 spiro atoms. The molecule has 2 N–H and O–H groups in total. The summed E-state index contributed by atoms with van der Waals surface area (Å²) in [6.45, 7) is 7.45. The number of nitrogens with one attached hydrogen (secondary N) is 2. The lowest BCUT2D eigenvalue weighted by Gasteiger charge is -2.11. The van der Waals surface area contributed by atoms with Crippen LogP contribution in [-0.4, -0.2) is 44.5 Å². The van der Waals surface area contributed by atoms with E-state index in [2.05, 4.69) is 67.8 Å². The number of aryl methyl sites for hydroxylation is 2. The molecule has 0 radical (unpaired) electrons. The Morgan fingerprint density at radius 2 is 1.93 bits per heavy atom. The van der Waals surface area contributed by atoms with Crippen molar-refractivity contribution < 1.29 is 0 Å². The van der Waals surface area contributed by atoms with Gasteiger partial charge in [0.05, 0.1) is 16.7 Å². The second-order valence-electron chi connectivity index (χ2n) is 7.29. The first-order chi connectivity index (χ1) is 14.7. The number of aromatic nitrogens is 4. The van der Waals surface area contributed by atoms with E-state index < -0.39 is 0 Å². The summed E-state index contributed by atoms with van der Waals surface area (Å²) >= 11 is 0. The highest BCUT2D eigenvalue weighted by atomic mass is 15.2. The minimum Gasteiger partial charge on any atom is -0.357 e. The summed E-state index contributed by atoms with van der Waals surface area (Å²) in [4.78, 5) is 14.0. The molecule has 4 rings (SSSR count). The molecule has 0 saturated carbocycles. The molecule has 0 bridgehead atoms. The molecule has 1 aromatic carbocycles. The van der Waals surface area contributed by atoms with Crippen molar-refractivity contribution in [2.24, 2.45) is 4.99 Å². The fourth-order valence-corrected chi connectivity index (χ4v) is 3.66. The van der Waals surface area contributed by atoms with Gasteiger partial charge in [-0.1, -0.05) is 18.2 Å². The molecule has 0 aliphatic heterocycles. The van der Waals surface area contributed by atoms with Gasteiger partial charge in [0.25, 0.3) is 0 Å². The van der Waals surface area contributed by atoms with E-state index in [9.17, 15) is 0 Å². The van der Waals surface area contributed by atoms with Crippen molar-refractivity contribution in [3.63, 3.8) is 0 Å². The molecular formula is C23H29N7. The summed E-state index contributed by atoms with van der Waals surface area (Å²) in [5.74, 6) is 1.91. The second-order valence-corrected chi connectivity index (χ2v) is 7.29. The summed E-state index contributed by atoms with van der Waals surface area (Å²) in [6, 6.07) is 14.3. The number of hydrogen-bond acceptors (Lipinski definition) is 3. The molecule has 0 amide bonds. The number of nitrogens with zero attached hydrogens (tertiary/aromatic N) is 5. The third kappa shape index (κ3) is 4.62. The van der Waals surface area contributed by atoms with Crippen LogP contribution < -0.4 is 10.6 Å². The van der Waals surface area contributed by atoms with Gasteiger partial charge in [-0.05, 0) is 44.5 Å². The Bertz CT molecular complexity index is 1110. The van der Waals surface area contributed by atoms with E-state index in [0.29, 0.717) is 0 Å². The molecule has 0 aliphatic rings. The van der Waals surface area contributed by atoms with Crippen molar-refractivity contribution in [3.05, 3.63) is 66.4 Å². The van der Waals surface area contributed by atoms with Crippen LogP contribution in [0.1, 0.15) is 24.9 Å². The standard InChI is InChI=1S/C23H29N7/c1-3-24-23(26-14-12-19-17-29-15-7-6-11-22(29)28-19)25-13-8-16-30-18(2)27-20-9-4-5-10-21(20)30/h4-7,9-11,15,17H,3,8,12-14,16H2,1-2H3,(H2,24,25,26). The van der Waals surface area contributed by atoms with E-state index >= 15 is 0 Å². The molecule has 0 fully saturated rings. The van der Waals surface area contributed by atoms with Crippen molar-refractivity contribution in [2.45, 2.75) is 33.2 Å². The van der Waals surface area contributed by atoms with Gasteiger partial charge < -0.3 is 19.6 Å². The van der Waals surface area contributed by atoms with Crippen molar-refractivity contribution in [1.29, 1.82) is 0 Å². The Morgan fingerprint density at radius 3 is 2.80 bits per heavy atom. The van der Waals surface area contributed by atoms with Crippen LogP contribution in [0.2, 0.25) is 0 Å². The average Bonchev–Trinajstić information content (AvgIpc) is 3.31. The highest BCUT2D eigenvalue weighted by molar-refractivity contribution is 5.79. The molecule has 3 heterocycles. The predicted molar refractivity (Wildman–Crippen MR) is 122 cm³/mol. The fraction of sp³-hybridized carbons (Fsp3) is 0.348. The molecule has 4 aromatic rings. The van der Waals surface area contributed by atoms with Crippen LogP contribution in [0.25, 0.3) is 16.7 Å². The zero-order valence-corrected chi connectivity index (χ0v) is 17.7. The molecule has 0 aliphatic carbocycles. The van der Waals surface area contributed by atoms with E-state index in [0.717, 1.165) is 67.7 Å². The van der Waals surface area contributed by atoms with E-state index in [1.807, 2.05) is 30.5 Å². The highest BCUT2D eigenvalue weighted by Crippen LogP contribution is 2.15. The normalized spacial score (nSPS) is 12.0. The molecule has 0 unspecified atom stereocenters. The summed E-state index contributed by atoms with van der Waals surface area (Å²) in [7, 11) is 0. The summed E-state index contributed by atoms with van der Waals surface area (Å²) in [5.41, 5.74) is 4.30. The molecule has 7 nitrogen and oxygen atoms in total. The van der Waals surface area contributed by atoms with Crippen LogP contribution in [0.4, 0.5) is 0 Å². The fourth-order valence-electron chi connectivity index (χ4n) is 3.66. The van der Waals surface area contributed by atoms with Gasteiger partial charge in [-0.3, -0.25) is 4.99 Å². The largest absolute Gasteiger partial charge is 0.357 e. The molecule has 156 valence electrons. The van der Waals surface area contributed by atoms with Gasteiger partial charge in [0.1, 0.15) is 11.5 Å². The Balaban J connectivity index is 1.29. The van der Waals surface area contributed by atoms with Gasteiger partial charge in [0.2, 0.25) is 0 Å². The van der Waals surface area contributed by atoms with Gasteiger partial charge in [0.15, 0.2) is 5.96 Å². The van der Waals surface area contributed by atoms with Gasteiger partial charge >= 0.3 is 0 Å². The van der Waals surface area contributed by atoms with E-state index in [1.54, 1.807) is 0 Å². The molecule has 0 saturated heterocycles. The van der Waals surface area contributed by atoms with Crippen molar-refractivity contribution in [2.75, 3.05) is 19.6 Å². The lowest BCUT2D eigenvalue weighted by atomic mass is 10.3. The number of pyridine rings is 1. The number of rotatable bonds is 8. The minimum atomic E-state index is 0.760. The SMILES string of the molecule is CCNC(=NCCCn1c(C)nc2ccccc21)NCCc1cn2ccccc2n1. The molecular weight excluding hydrogens is 374 g/mol. The minimum absolute atomic E-state index is 0.760. The second kappa shape index (κ2) is 9.43. The van der Waals surface area contributed by atoms with E-state index in [-0.39, 0.29) is 0 Å². The molecule has 30 heavy (non-hydrogen) atoms. The number of benzene rings is 1. The topological polar surface area (TPSA) is 71.5 Å². The van der Waals surface area contributed by atoms with Crippen LogP contribution >= 0.6 is 0 Å². The molecule has 7 heteroatoms. The van der Waals surface area contributed by atoms with Gasteiger partial charge in [-0.2, -0.15) is 0 Å².